The number of aromatic nitrogens is 4. The first-order valence-corrected chi connectivity index (χ1v) is 12.5. The van der Waals surface area contributed by atoms with Gasteiger partial charge in [0.15, 0.2) is 5.65 Å². The van der Waals surface area contributed by atoms with Crippen LogP contribution in [0, 0.1) is 25.7 Å². The van der Waals surface area contributed by atoms with E-state index < -0.39 is 0 Å². The van der Waals surface area contributed by atoms with E-state index in [1.807, 2.05) is 6.92 Å². The Kier molecular flexibility index (Phi) is 5.05. The highest BCUT2D eigenvalue weighted by Crippen LogP contribution is 2.45. The fourth-order valence-corrected chi connectivity index (χ4v) is 7.18. The number of aryl methyl sites for hydroxylation is 2. The van der Waals surface area contributed by atoms with E-state index >= 15 is 0 Å². The highest BCUT2D eigenvalue weighted by Gasteiger charge is 2.46. The Morgan fingerprint density at radius 1 is 1.19 bits per heavy atom. The van der Waals surface area contributed by atoms with Crippen LogP contribution in [0.4, 0.5) is 0 Å². The highest BCUT2D eigenvalue weighted by molar-refractivity contribution is 5.78. The number of rotatable bonds is 3. The van der Waals surface area contributed by atoms with Gasteiger partial charge < -0.3 is 4.90 Å². The Morgan fingerprint density at radius 3 is 3.00 bits per heavy atom. The lowest BCUT2D eigenvalue weighted by molar-refractivity contribution is -0.136. The van der Waals surface area contributed by atoms with Crippen molar-refractivity contribution in [2.75, 3.05) is 19.6 Å². The zero-order valence-electron chi connectivity index (χ0n) is 19.3. The number of carbonyl (C=O) groups excluding carboxylic acids is 1. The van der Waals surface area contributed by atoms with Crippen molar-refractivity contribution in [3.8, 4) is 0 Å². The SMILES string of the molecule is Cc1nn2cnnc2c(C)c1CCC(=O)N1CCCC2=C[C@H]3C[C@@H](CN4CCCCC34)C21. The van der Waals surface area contributed by atoms with Gasteiger partial charge in [-0.3, -0.25) is 9.69 Å². The molecule has 32 heavy (non-hydrogen) atoms. The molecule has 2 aromatic heterocycles. The van der Waals surface area contributed by atoms with Crippen LogP contribution in [0.25, 0.3) is 5.65 Å². The number of likely N-dealkylation sites (tertiary alicyclic amines) is 1. The third-order valence-electron chi connectivity index (χ3n) is 8.58. The normalized spacial score (nSPS) is 30.1. The topological polar surface area (TPSA) is 66.6 Å². The van der Waals surface area contributed by atoms with Crippen LogP contribution >= 0.6 is 0 Å². The monoisotopic (exact) mass is 434 g/mol. The predicted octanol–water partition coefficient (Wildman–Crippen LogP) is 3.10. The van der Waals surface area contributed by atoms with E-state index in [-0.39, 0.29) is 0 Å². The van der Waals surface area contributed by atoms with E-state index in [4.69, 9.17) is 0 Å². The Hall–Kier alpha value is -2.28. The van der Waals surface area contributed by atoms with Gasteiger partial charge in [0.25, 0.3) is 0 Å². The maximum atomic E-state index is 13.5. The molecule has 2 unspecified atom stereocenters. The van der Waals surface area contributed by atoms with Crippen molar-refractivity contribution in [3.63, 3.8) is 0 Å². The van der Waals surface area contributed by atoms with Gasteiger partial charge in [0.05, 0.1) is 11.7 Å². The van der Waals surface area contributed by atoms with Gasteiger partial charge >= 0.3 is 0 Å². The van der Waals surface area contributed by atoms with E-state index in [1.54, 1.807) is 16.4 Å². The molecule has 7 nitrogen and oxygen atoms in total. The molecule has 2 aromatic rings. The van der Waals surface area contributed by atoms with Crippen molar-refractivity contribution in [2.45, 2.75) is 77.3 Å². The van der Waals surface area contributed by atoms with E-state index in [9.17, 15) is 4.79 Å². The number of hydrogen-bond acceptors (Lipinski definition) is 5. The molecular weight excluding hydrogens is 400 g/mol. The zero-order chi connectivity index (χ0) is 21.8. The third-order valence-corrected chi connectivity index (χ3v) is 8.58. The van der Waals surface area contributed by atoms with Crippen molar-refractivity contribution in [2.24, 2.45) is 11.8 Å². The van der Waals surface area contributed by atoms with E-state index in [1.165, 1.54) is 45.2 Å². The maximum absolute atomic E-state index is 13.5. The lowest BCUT2D eigenvalue weighted by Gasteiger charge is -2.54. The number of nitrogens with zero attached hydrogens (tertiary/aromatic N) is 6. The van der Waals surface area contributed by atoms with Crippen LogP contribution in [0.5, 0.6) is 0 Å². The second-order valence-corrected chi connectivity index (χ2v) is 10.4. The summed E-state index contributed by atoms with van der Waals surface area (Å²) in [7, 11) is 0. The smallest absolute Gasteiger partial charge is 0.223 e. The molecule has 5 heterocycles. The second-order valence-electron chi connectivity index (χ2n) is 10.4. The minimum atomic E-state index is 0.306. The summed E-state index contributed by atoms with van der Waals surface area (Å²) in [6.07, 6.45) is 13.1. The summed E-state index contributed by atoms with van der Waals surface area (Å²) in [4.78, 5) is 18.5. The van der Waals surface area contributed by atoms with Gasteiger partial charge in [-0.1, -0.05) is 18.1 Å². The fraction of sp³-hybridized carbons (Fsp3) is 0.680. The molecule has 6 rings (SSSR count). The van der Waals surface area contributed by atoms with Crippen molar-refractivity contribution in [1.82, 2.24) is 29.6 Å². The lowest BCUT2D eigenvalue weighted by Crippen LogP contribution is -2.60. The Balaban J connectivity index is 1.21. The summed E-state index contributed by atoms with van der Waals surface area (Å²) < 4.78 is 1.73. The summed E-state index contributed by atoms with van der Waals surface area (Å²) in [5, 5.41) is 12.8. The molecule has 1 amide bonds. The zero-order valence-corrected chi connectivity index (χ0v) is 19.3. The predicted molar refractivity (Wildman–Crippen MR) is 122 cm³/mol. The van der Waals surface area contributed by atoms with Gasteiger partial charge in [0, 0.05) is 31.1 Å². The van der Waals surface area contributed by atoms with Crippen LogP contribution in [-0.4, -0.2) is 67.2 Å². The standard InChI is InChI=1S/C25H34N6O/c1-16-21(17(2)28-31-15-26-27-25(16)31)8-9-23(32)30-11-5-6-18-12-19-13-20(24(18)30)14-29-10-4-3-7-22(19)29/h12,15,19-20,22,24H,3-11,13-14H2,1-2H3/t19-,20-,22?,24?/m0/s1. The summed E-state index contributed by atoms with van der Waals surface area (Å²) >= 11 is 0. The Morgan fingerprint density at radius 2 is 2.09 bits per heavy atom. The molecule has 4 atom stereocenters. The highest BCUT2D eigenvalue weighted by atomic mass is 16.2. The van der Waals surface area contributed by atoms with Gasteiger partial charge in [-0.15, -0.1) is 10.2 Å². The molecule has 7 heteroatoms. The third kappa shape index (κ3) is 3.28. The van der Waals surface area contributed by atoms with Crippen molar-refractivity contribution >= 4 is 11.6 Å². The first kappa shape index (κ1) is 20.3. The molecule has 3 saturated heterocycles. The van der Waals surface area contributed by atoms with Gasteiger partial charge in [-0.05, 0) is 76.3 Å². The molecule has 0 radical (unpaired) electrons. The molecule has 0 aromatic carbocycles. The van der Waals surface area contributed by atoms with Gasteiger partial charge in [-0.2, -0.15) is 5.10 Å². The number of carbonyl (C=O) groups is 1. The quantitative estimate of drug-likeness (QED) is 0.695. The van der Waals surface area contributed by atoms with Crippen molar-refractivity contribution < 1.29 is 4.79 Å². The second kappa shape index (κ2) is 7.94. The number of amides is 1. The van der Waals surface area contributed by atoms with Crippen LogP contribution in [-0.2, 0) is 11.2 Å². The van der Waals surface area contributed by atoms with E-state index in [0.29, 0.717) is 30.2 Å². The van der Waals surface area contributed by atoms with Crippen LogP contribution < -0.4 is 0 Å². The molecule has 1 aliphatic carbocycles. The molecule has 3 aliphatic heterocycles. The minimum Gasteiger partial charge on any atom is -0.336 e. The summed E-state index contributed by atoms with van der Waals surface area (Å²) in [6.45, 7) is 7.42. The first-order valence-electron chi connectivity index (χ1n) is 12.5. The molecule has 0 spiro atoms. The molecule has 0 N–H and O–H groups in total. The van der Waals surface area contributed by atoms with Crippen LogP contribution in [0.15, 0.2) is 18.0 Å². The molecule has 4 aliphatic rings. The number of fused-ring (bicyclic) bond motifs is 7. The number of hydrogen-bond donors (Lipinski definition) is 0. The van der Waals surface area contributed by atoms with Gasteiger partial charge in [0.2, 0.25) is 5.91 Å². The van der Waals surface area contributed by atoms with Gasteiger partial charge in [-0.25, -0.2) is 4.52 Å². The average molecular weight is 435 g/mol. The molecule has 0 saturated carbocycles. The average Bonchev–Trinajstić information content (AvgIpc) is 3.27. The molecule has 2 bridgehead atoms. The lowest BCUT2D eigenvalue weighted by atomic mass is 9.68. The minimum absolute atomic E-state index is 0.306. The fourth-order valence-electron chi connectivity index (χ4n) is 7.18. The molecule has 170 valence electrons. The first-order chi connectivity index (χ1) is 15.6. The van der Waals surface area contributed by atoms with Crippen molar-refractivity contribution in [1.29, 1.82) is 0 Å². The largest absolute Gasteiger partial charge is 0.336 e. The maximum Gasteiger partial charge on any atom is 0.223 e. The Labute approximate surface area is 189 Å². The summed E-state index contributed by atoms with van der Waals surface area (Å²) in [5.74, 6) is 1.62. The molecule has 3 fully saturated rings. The van der Waals surface area contributed by atoms with Gasteiger partial charge in [0.1, 0.15) is 6.33 Å². The Bertz CT molecular complexity index is 1070. The summed E-state index contributed by atoms with van der Waals surface area (Å²) in [5.41, 5.74) is 5.55. The van der Waals surface area contributed by atoms with Crippen LogP contribution in [0.1, 0.15) is 61.8 Å². The van der Waals surface area contributed by atoms with E-state index in [0.717, 1.165) is 47.9 Å². The summed E-state index contributed by atoms with van der Waals surface area (Å²) in [6, 6.07) is 1.08. The van der Waals surface area contributed by atoms with Crippen LogP contribution in [0.2, 0.25) is 0 Å². The molecular formula is C25H34N6O. The van der Waals surface area contributed by atoms with Crippen LogP contribution in [0.3, 0.4) is 0 Å². The van der Waals surface area contributed by atoms with Crippen molar-refractivity contribution in [3.05, 3.63) is 34.8 Å². The number of piperidine rings is 3. The van der Waals surface area contributed by atoms with E-state index in [2.05, 4.69) is 38.1 Å².